The number of aliphatic hydroxyl groups excluding tert-OH is 3. The second-order valence-electron chi connectivity index (χ2n) is 4.84. The first-order valence-electron chi connectivity index (χ1n) is 6.77. The third-order valence-electron chi connectivity index (χ3n) is 3.39. The Labute approximate surface area is 125 Å². The molecule has 0 bridgehead atoms. The molecule has 0 radical (unpaired) electrons. The third-order valence-corrected chi connectivity index (χ3v) is 3.39. The number of aromatic hydroxyl groups is 2. The molecule has 0 fully saturated rings. The smallest absolute Gasteiger partial charge is 0.186 e. The van der Waals surface area contributed by atoms with E-state index in [1.54, 1.807) is 0 Å². The molecule has 0 saturated carbocycles. The number of allylic oxidation sites excluding steroid dienone is 2. The maximum absolute atomic E-state index is 11.6. The molecule has 3 rings (SSSR count). The van der Waals surface area contributed by atoms with E-state index in [1.165, 1.54) is 12.1 Å². The van der Waals surface area contributed by atoms with Gasteiger partial charge < -0.3 is 30.3 Å². The van der Waals surface area contributed by atoms with Crippen molar-refractivity contribution in [3.8, 4) is 11.5 Å². The number of benzene rings is 1. The van der Waals surface area contributed by atoms with Crippen molar-refractivity contribution in [3.05, 3.63) is 58.7 Å². The van der Waals surface area contributed by atoms with E-state index in [9.17, 15) is 30.3 Å². The number of ether oxygens (including phenoxy) is 1. The van der Waals surface area contributed by atoms with Crippen LogP contribution in [0.15, 0.2) is 53.2 Å². The summed E-state index contributed by atoms with van der Waals surface area (Å²) < 4.78 is 12.9. The zero-order chi connectivity index (χ0) is 16.9. The Morgan fingerprint density at radius 1 is 1.14 bits per heavy atom. The van der Waals surface area contributed by atoms with Gasteiger partial charge in [-0.25, -0.2) is 0 Å². The summed E-state index contributed by atoms with van der Waals surface area (Å²) in [7, 11) is 0. The lowest BCUT2D eigenvalue weighted by Gasteiger charge is -2.33. The number of hydrogen-bond acceptors (Lipinski definition) is 7. The molecule has 0 spiro atoms. The first-order chi connectivity index (χ1) is 10.8. The fraction of sp³-hybridized carbons (Fsp3) is 0.133. The Bertz CT molecular complexity index is 806. The molecule has 2 atom stereocenters. The number of ketones is 1. The molecule has 22 heavy (non-hydrogen) atoms. The van der Waals surface area contributed by atoms with E-state index in [0.717, 1.165) is 12.1 Å². The molecule has 5 N–H and O–H groups in total. The third kappa shape index (κ3) is 2.08. The molecule has 7 nitrogen and oxygen atoms in total. The second kappa shape index (κ2) is 4.81. The van der Waals surface area contributed by atoms with Gasteiger partial charge in [0, 0.05) is 12.1 Å². The minimum Gasteiger partial charge on any atom is -0.508 e. The second-order valence-corrected chi connectivity index (χ2v) is 4.84. The highest BCUT2D eigenvalue weighted by Gasteiger charge is 2.39. The van der Waals surface area contributed by atoms with Gasteiger partial charge in [-0.3, -0.25) is 4.79 Å². The normalized spacial score (nSPS) is 25.4. The van der Waals surface area contributed by atoms with Gasteiger partial charge in [-0.15, -0.1) is 0 Å². The quantitative estimate of drug-likeness (QED) is 0.494. The van der Waals surface area contributed by atoms with Crippen LogP contribution in [0.5, 0.6) is 11.5 Å². The van der Waals surface area contributed by atoms with E-state index in [4.69, 9.17) is 6.11 Å². The summed E-state index contributed by atoms with van der Waals surface area (Å²) in [5, 5.41) is 49.0. The number of phenols is 2. The lowest BCUT2D eigenvalue weighted by Crippen LogP contribution is -2.31. The zero-order valence-corrected chi connectivity index (χ0v) is 11.0. The molecule has 0 unspecified atom stereocenters. The lowest BCUT2D eigenvalue weighted by atomic mass is 9.93. The molecule has 0 aromatic heterocycles. The number of aliphatic hydroxyl groups is 3. The number of rotatable bonds is 1. The van der Waals surface area contributed by atoms with E-state index in [-0.39, 0.29) is 22.6 Å². The summed E-state index contributed by atoms with van der Waals surface area (Å²) in [4.78, 5) is 11.6. The van der Waals surface area contributed by atoms with Crippen molar-refractivity contribution in [1.29, 1.82) is 0 Å². The molecule has 0 saturated heterocycles. The van der Waals surface area contributed by atoms with E-state index < -0.39 is 41.3 Å². The highest BCUT2D eigenvalue weighted by atomic mass is 16.5. The maximum Gasteiger partial charge on any atom is 0.186 e. The SMILES string of the molecule is [2H]C1=C(O)C2=C(O)[C@H](O)[C@@H](c3ccc(O)c(O)c3)OC2=CC1=O. The first-order valence-corrected chi connectivity index (χ1v) is 6.27. The van der Waals surface area contributed by atoms with Crippen LogP contribution in [-0.2, 0) is 9.53 Å². The molecule has 1 heterocycles. The fourth-order valence-corrected chi connectivity index (χ4v) is 2.32. The summed E-state index contributed by atoms with van der Waals surface area (Å²) in [5.74, 6) is -3.25. The van der Waals surface area contributed by atoms with Crippen LogP contribution in [-0.4, -0.2) is 37.4 Å². The molecule has 1 aromatic carbocycles. The van der Waals surface area contributed by atoms with Crippen LogP contribution >= 0.6 is 0 Å². The van der Waals surface area contributed by atoms with Crippen LogP contribution in [0.1, 0.15) is 13.0 Å². The van der Waals surface area contributed by atoms with Gasteiger partial charge in [-0.1, -0.05) is 6.07 Å². The number of phenolic OH excluding ortho intramolecular Hbond substituents is 2. The Hall–Kier alpha value is -2.93. The molecular weight excluding hydrogens is 292 g/mol. The van der Waals surface area contributed by atoms with Gasteiger partial charge in [-0.2, -0.15) is 0 Å². The van der Waals surface area contributed by atoms with E-state index in [2.05, 4.69) is 0 Å². The van der Waals surface area contributed by atoms with E-state index in [0.29, 0.717) is 0 Å². The van der Waals surface area contributed by atoms with E-state index in [1.807, 2.05) is 0 Å². The van der Waals surface area contributed by atoms with Crippen LogP contribution in [0, 0.1) is 0 Å². The largest absolute Gasteiger partial charge is 0.508 e. The first kappa shape index (κ1) is 12.8. The molecule has 114 valence electrons. The highest BCUT2D eigenvalue weighted by Crippen LogP contribution is 2.41. The van der Waals surface area contributed by atoms with E-state index >= 15 is 0 Å². The number of hydrogen-bond donors (Lipinski definition) is 5. The Balaban J connectivity index is 2.09. The van der Waals surface area contributed by atoms with Crippen molar-refractivity contribution in [3.63, 3.8) is 0 Å². The maximum atomic E-state index is 11.6. The molecule has 1 aromatic rings. The summed E-state index contributed by atoms with van der Waals surface area (Å²) in [6, 6.07) is 2.96. The Morgan fingerprint density at radius 2 is 1.86 bits per heavy atom. The minimum absolute atomic E-state index is 0.191. The summed E-state index contributed by atoms with van der Waals surface area (Å²) in [6.45, 7) is 0. The van der Waals surface area contributed by atoms with Gasteiger partial charge in [0.05, 0.1) is 6.94 Å². The lowest BCUT2D eigenvalue weighted by molar-refractivity contribution is -0.111. The van der Waals surface area contributed by atoms with Gasteiger partial charge in [0.2, 0.25) is 0 Å². The highest BCUT2D eigenvalue weighted by molar-refractivity contribution is 6.02. The standard InChI is InChI=1S/C15H12O7/c16-7-4-10(19)12-11(5-7)22-15(14(21)13(12)20)6-1-2-8(17)9(18)3-6/h1-5,14-15,17-21H/t14-,15+/m0/s1/i4D. The molecule has 1 aliphatic heterocycles. The minimum atomic E-state index is -1.60. The summed E-state index contributed by atoms with van der Waals surface area (Å²) >= 11 is 0. The van der Waals surface area contributed by atoms with Gasteiger partial charge >= 0.3 is 0 Å². The molecule has 0 amide bonds. The predicted molar refractivity (Wildman–Crippen MR) is 73.1 cm³/mol. The number of carbonyl (C=O) groups is 1. The number of carbonyl (C=O) groups excluding carboxylic acids is 1. The van der Waals surface area contributed by atoms with Crippen molar-refractivity contribution in [2.75, 3.05) is 0 Å². The molecular formula is C15H12O7. The molecule has 7 heteroatoms. The average Bonchev–Trinajstić information content (AvgIpc) is 2.51. The monoisotopic (exact) mass is 305 g/mol. The molecule has 1 aliphatic carbocycles. The number of fused-ring (bicyclic) bond motifs is 1. The summed E-state index contributed by atoms with van der Waals surface area (Å²) in [5.41, 5.74) is -0.0896. The Kier molecular flexibility index (Phi) is 2.80. The van der Waals surface area contributed by atoms with Crippen LogP contribution in [0.3, 0.4) is 0 Å². The van der Waals surface area contributed by atoms with Gasteiger partial charge in [0.15, 0.2) is 29.5 Å². The van der Waals surface area contributed by atoms with Crippen molar-refractivity contribution < 1.29 is 36.4 Å². The van der Waals surface area contributed by atoms with Crippen LogP contribution in [0.2, 0.25) is 0 Å². The van der Waals surface area contributed by atoms with Crippen LogP contribution in [0.25, 0.3) is 0 Å². The van der Waals surface area contributed by atoms with Crippen molar-refractivity contribution in [1.82, 2.24) is 0 Å². The topological polar surface area (TPSA) is 127 Å². The van der Waals surface area contributed by atoms with Gasteiger partial charge in [0.1, 0.15) is 17.3 Å². The van der Waals surface area contributed by atoms with Crippen molar-refractivity contribution in [2.24, 2.45) is 0 Å². The molecule has 2 aliphatic rings. The van der Waals surface area contributed by atoms with Gasteiger partial charge in [0.25, 0.3) is 0 Å². The van der Waals surface area contributed by atoms with Gasteiger partial charge in [-0.05, 0) is 17.7 Å². The van der Waals surface area contributed by atoms with Crippen molar-refractivity contribution >= 4 is 5.78 Å². The zero-order valence-electron chi connectivity index (χ0n) is 12.0. The average molecular weight is 305 g/mol. The fourth-order valence-electron chi connectivity index (χ4n) is 2.32. The predicted octanol–water partition coefficient (Wildman–Crippen LogP) is 1.25. The van der Waals surface area contributed by atoms with Crippen molar-refractivity contribution in [2.45, 2.75) is 12.2 Å². The van der Waals surface area contributed by atoms with Crippen LogP contribution in [0.4, 0.5) is 0 Å². The summed E-state index contributed by atoms with van der Waals surface area (Å²) in [6.07, 6.45) is -1.86. The Morgan fingerprint density at radius 3 is 2.55 bits per heavy atom. The van der Waals surface area contributed by atoms with Crippen LogP contribution < -0.4 is 0 Å².